The van der Waals surface area contributed by atoms with Gasteiger partial charge in [0.05, 0.1) is 0 Å². The Bertz CT molecular complexity index is 599. The average Bonchev–Trinajstić information content (AvgIpc) is 2.35. The first-order chi connectivity index (χ1) is 9.66. The maximum Gasteiger partial charge on any atom is 0.234 e. The van der Waals surface area contributed by atoms with Gasteiger partial charge >= 0.3 is 0 Å². The summed E-state index contributed by atoms with van der Waals surface area (Å²) in [5.41, 5.74) is 5.92. The van der Waals surface area contributed by atoms with Crippen molar-refractivity contribution < 1.29 is 8.42 Å². The highest BCUT2D eigenvalue weighted by molar-refractivity contribution is 9.10. The van der Waals surface area contributed by atoms with Crippen molar-refractivity contribution in [1.82, 2.24) is 4.72 Å². The fourth-order valence-electron chi connectivity index (χ4n) is 2.22. The highest BCUT2D eigenvalue weighted by atomic mass is 79.9. The number of nitrogens with two attached hydrogens (primary N) is 1. The Morgan fingerprint density at radius 2 is 2.10 bits per heavy atom. The molecule has 0 saturated heterocycles. The lowest BCUT2D eigenvalue weighted by Crippen LogP contribution is -2.51. The quantitative estimate of drug-likeness (QED) is 0.769. The van der Waals surface area contributed by atoms with Gasteiger partial charge in [0.1, 0.15) is 0 Å². The van der Waals surface area contributed by atoms with Crippen LogP contribution in [0.15, 0.2) is 34.1 Å². The molecule has 0 aliphatic carbocycles. The molecule has 0 aliphatic rings. The van der Waals surface area contributed by atoms with Gasteiger partial charge in [0.25, 0.3) is 0 Å². The van der Waals surface area contributed by atoms with E-state index in [0.29, 0.717) is 12.3 Å². The van der Waals surface area contributed by atoms with E-state index in [1.54, 1.807) is 6.08 Å². The zero-order valence-electron chi connectivity index (χ0n) is 12.6. The van der Waals surface area contributed by atoms with Crippen molar-refractivity contribution in [2.45, 2.75) is 32.7 Å². The molecule has 21 heavy (non-hydrogen) atoms. The summed E-state index contributed by atoms with van der Waals surface area (Å²) in [4.78, 5) is 0. The first kappa shape index (κ1) is 18.4. The molecular formula is C15H23BrN2O2S. The minimum Gasteiger partial charge on any atom is -0.329 e. The molecule has 0 radical (unpaired) electrons. The molecule has 1 aromatic carbocycles. The van der Waals surface area contributed by atoms with Crippen LogP contribution >= 0.6 is 15.9 Å². The van der Waals surface area contributed by atoms with Crippen molar-refractivity contribution in [3.8, 4) is 0 Å². The molecule has 1 unspecified atom stereocenters. The smallest absolute Gasteiger partial charge is 0.234 e. The summed E-state index contributed by atoms with van der Waals surface area (Å²) in [6.07, 6.45) is 2.26. The molecule has 118 valence electrons. The number of nitrogens with one attached hydrogen (secondary N) is 1. The van der Waals surface area contributed by atoms with Gasteiger partial charge < -0.3 is 5.73 Å². The fourth-order valence-corrected chi connectivity index (χ4v) is 3.90. The standard InChI is InChI=1S/C15H23BrN2O2S/c1-12(2)10-15(3,11-17)18-21(19,20)8-7-13-5-4-6-14(16)9-13/h4-9,12,18H,10-11,17H2,1-3H3. The lowest BCUT2D eigenvalue weighted by atomic mass is 9.92. The van der Waals surface area contributed by atoms with E-state index < -0.39 is 15.6 Å². The Morgan fingerprint density at radius 1 is 1.43 bits per heavy atom. The van der Waals surface area contributed by atoms with Crippen LogP contribution < -0.4 is 10.5 Å². The molecule has 0 amide bonds. The van der Waals surface area contributed by atoms with Crippen LogP contribution in [-0.4, -0.2) is 20.5 Å². The van der Waals surface area contributed by atoms with Crippen LogP contribution in [0.5, 0.6) is 0 Å². The van der Waals surface area contributed by atoms with Crippen molar-refractivity contribution in [2.75, 3.05) is 6.54 Å². The lowest BCUT2D eigenvalue weighted by Gasteiger charge is -2.30. The highest BCUT2D eigenvalue weighted by Crippen LogP contribution is 2.18. The lowest BCUT2D eigenvalue weighted by molar-refractivity contribution is 0.346. The van der Waals surface area contributed by atoms with E-state index in [0.717, 1.165) is 10.0 Å². The number of benzene rings is 1. The Hall–Kier alpha value is -0.690. The number of halogens is 1. The van der Waals surface area contributed by atoms with Crippen molar-refractivity contribution >= 4 is 32.0 Å². The van der Waals surface area contributed by atoms with Gasteiger partial charge in [-0.05, 0) is 43.0 Å². The SMILES string of the molecule is CC(C)CC(C)(CN)NS(=O)(=O)C=Cc1cccc(Br)c1. The highest BCUT2D eigenvalue weighted by Gasteiger charge is 2.28. The molecule has 1 atom stereocenters. The van der Waals surface area contributed by atoms with Crippen LogP contribution in [0, 0.1) is 5.92 Å². The number of hydrogen-bond donors (Lipinski definition) is 2. The molecular weight excluding hydrogens is 352 g/mol. The summed E-state index contributed by atoms with van der Waals surface area (Å²) in [7, 11) is -3.53. The second kappa shape index (κ2) is 7.54. The third kappa shape index (κ3) is 6.74. The zero-order valence-corrected chi connectivity index (χ0v) is 15.0. The summed E-state index contributed by atoms with van der Waals surface area (Å²) in [6, 6.07) is 7.43. The van der Waals surface area contributed by atoms with E-state index >= 15 is 0 Å². The molecule has 0 heterocycles. The minimum absolute atomic E-state index is 0.259. The maximum atomic E-state index is 12.2. The van der Waals surface area contributed by atoms with E-state index in [1.165, 1.54) is 5.41 Å². The Morgan fingerprint density at radius 3 is 2.62 bits per heavy atom. The molecule has 4 nitrogen and oxygen atoms in total. The molecule has 0 fully saturated rings. The van der Waals surface area contributed by atoms with Crippen molar-refractivity contribution in [3.63, 3.8) is 0 Å². The summed E-state index contributed by atoms with van der Waals surface area (Å²) in [5, 5.41) is 1.18. The van der Waals surface area contributed by atoms with Gasteiger partial charge in [0, 0.05) is 22.0 Å². The van der Waals surface area contributed by atoms with Crippen LogP contribution in [0.25, 0.3) is 6.08 Å². The van der Waals surface area contributed by atoms with Gasteiger partial charge in [-0.3, -0.25) is 0 Å². The second-order valence-electron chi connectivity index (χ2n) is 5.87. The normalized spacial score (nSPS) is 15.5. The van der Waals surface area contributed by atoms with E-state index in [1.807, 2.05) is 45.0 Å². The van der Waals surface area contributed by atoms with Gasteiger partial charge in [-0.2, -0.15) is 0 Å². The van der Waals surface area contributed by atoms with Crippen molar-refractivity contribution in [3.05, 3.63) is 39.7 Å². The van der Waals surface area contributed by atoms with Crippen molar-refractivity contribution in [1.29, 1.82) is 0 Å². The van der Waals surface area contributed by atoms with Crippen LogP contribution in [0.2, 0.25) is 0 Å². The first-order valence-electron chi connectivity index (χ1n) is 6.83. The van der Waals surface area contributed by atoms with Gasteiger partial charge in [-0.1, -0.05) is 41.9 Å². The Balaban J connectivity index is 2.86. The predicted molar refractivity (Wildman–Crippen MR) is 92.1 cm³/mol. The topological polar surface area (TPSA) is 72.2 Å². The third-order valence-electron chi connectivity index (χ3n) is 2.99. The van der Waals surface area contributed by atoms with E-state index in [-0.39, 0.29) is 6.54 Å². The molecule has 0 spiro atoms. The van der Waals surface area contributed by atoms with E-state index in [2.05, 4.69) is 20.7 Å². The van der Waals surface area contributed by atoms with Crippen LogP contribution in [0.3, 0.4) is 0 Å². The van der Waals surface area contributed by atoms with E-state index in [9.17, 15) is 8.42 Å². The first-order valence-corrected chi connectivity index (χ1v) is 9.17. The predicted octanol–water partition coefficient (Wildman–Crippen LogP) is 3.10. The molecule has 1 rings (SSSR count). The number of hydrogen-bond acceptors (Lipinski definition) is 3. The van der Waals surface area contributed by atoms with Gasteiger partial charge in [0.15, 0.2) is 0 Å². The summed E-state index contributed by atoms with van der Waals surface area (Å²) < 4.78 is 27.9. The number of rotatable bonds is 7. The molecule has 6 heteroatoms. The third-order valence-corrected chi connectivity index (χ3v) is 4.75. The van der Waals surface area contributed by atoms with Gasteiger partial charge in [-0.25, -0.2) is 13.1 Å². The summed E-state index contributed by atoms with van der Waals surface area (Å²) in [5.74, 6) is 0.357. The van der Waals surface area contributed by atoms with Crippen molar-refractivity contribution in [2.24, 2.45) is 11.7 Å². The number of sulfonamides is 1. The minimum atomic E-state index is -3.53. The maximum absolute atomic E-state index is 12.2. The monoisotopic (exact) mass is 374 g/mol. The molecule has 0 aromatic heterocycles. The van der Waals surface area contributed by atoms with Crippen LogP contribution in [0.1, 0.15) is 32.8 Å². The molecule has 0 aliphatic heterocycles. The van der Waals surface area contributed by atoms with Crippen LogP contribution in [-0.2, 0) is 10.0 Å². The second-order valence-corrected chi connectivity index (χ2v) is 8.35. The Kier molecular flexibility index (Phi) is 6.59. The molecule has 1 aromatic rings. The Labute approximate surface area is 136 Å². The van der Waals surface area contributed by atoms with E-state index in [4.69, 9.17) is 5.73 Å². The van der Waals surface area contributed by atoms with Gasteiger partial charge in [-0.15, -0.1) is 0 Å². The largest absolute Gasteiger partial charge is 0.329 e. The fraction of sp³-hybridized carbons (Fsp3) is 0.467. The molecule has 0 saturated carbocycles. The average molecular weight is 375 g/mol. The van der Waals surface area contributed by atoms with Gasteiger partial charge in [0.2, 0.25) is 10.0 Å². The molecule has 0 bridgehead atoms. The molecule has 3 N–H and O–H groups in total. The summed E-state index contributed by atoms with van der Waals surface area (Å²) in [6.45, 7) is 6.17. The van der Waals surface area contributed by atoms with Crippen LogP contribution in [0.4, 0.5) is 0 Å². The zero-order chi connectivity index (χ0) is 16.1. The summed E-state index contributed by atoms with van der Waals surface area (Å²) >= 11 is 3.35.